The predicted octanol–water partition coefficient (Wildman–Crippen LogP) is 4.55. The van der Waals surface area contributed by atoms with Gasteiger partial charge in [0.1, 0.15) is 5.75 Å². The molecule has 0 aliphatic heterocycles. The van der Waals surface area contributed by atoms with Crippen LogP contribution >= 0.6 is 0 Å². The maximum Gasteiger partial charge on any atom is 0.254 e. The van der Waals surface area contributed by atoms with Crippen LogP contribution in [0.2, 0.25) is 0 Å². The van der Waals surface area contributed by atoms with E-state index < -0.39 is 11.3 Å². The standard InChI is InChI=1S/C15H20F2O/c1-14(16,17)15(9-4-3-5-10-15)12-7-6-8-13(11-12)18-2/h6-8,11H,3-5,9-10H2,1-2H3. The lowest BCUT2D eigenvalue weighted by atomic mass is 9.66. The molecule has 1 aliphatic carbocycles. The van der Waals surface area contributed by atoms with Crippen LogP contribution in [0.5, 0.6) is 5.75 Å². The van der Waals surface area contributed by atoms with E-state index in [4.69, 9.17) is 4.74 Å². The number of benzene rings is 1. The Kier molecular flexibility index (Phi) is 3.60. The molecule has 0 N–H and O–H groups in total. The Morgan fingerprint density at radius 3 is 2.39 bits per heavy atom. The van der Waals surface area contributed by atoms with Gasteiger partial charge in [-0.3, -0.25) is 0 Å². The van der Waals surface area contributed by atoms with E-state index in [2.05, 4.69) is 0 Å². The first kappa shape index (κ1) is 13.3. The minimum atomic E-state index is -2.69. The first-order chi connectivity index (χ1) is 8.49. The smallest absolute Gasteiger partial charge is 0.254 e. The summed E-state index contributed by atoms with van der Waals surface area (Å²) in [5, 5.41) is 0. The van der Waals surface area contributed by atoms with Crippen molar-refractivity contribution in [2.45, 2.75) is 50.4 Å². The second-order valence-corrected chi connectivity index (χ2v) is 5.26. The number of methoxy groups -OCH3 is 1. The average molecular weight is 254 g/mol. The van der Waals surface area contributed by atoms with Crippen LogP contribution in [0.25, 0.3) is 0 Å². The molecule has 0 radical (unpaired) electrons. The summed E-state index contributed by atoms with van der Waals surface area (Å²) in [6.07, 6.45) is 3.93. The molecule has 0 amide bonds. The van der Waals surface area contributed by atoms with Gasteiger partial charge in [-0.15, -0.1) is 0 Å². The fourth-order valence-electron chi connectivity index (χ4n) is 3.06. The third kappa shape index (κ3) is 2.23. The molecule has 1 aromatic carbocycles. The zero-order chi connectivity index (χ0) is 13.2. The van der Waals surface area contributed by atoms with Crippen LogP contribution in [0.3, 0.4) is 0 Å². The number of rotatable bonds is 3. The van der Waals surface area contributed by atoms with Gasteiger partial charge in [0.15, 0.2) is 0 Å². The second kappa shape index (κ2) is 4.87. The third-order valence-electron chi connectivity index (χ3n) is 4.17. The van der Waals surface area contributed by atoms with Gasteiger partial charge in [0.05, 0.1) is 12.5 Å². The van der Waals surface area contributed by atoms with E-state index >= 15 is 0 Å². The minimum Gasteiger partial charge on any atom is -0.497 e. The van der Waals surface area contributed by atoms with E-state index in [-0.39, 0.29) is 0 Å². The molecule has 0 heterocycles. The van der Waals surface area contributed by atoms with Crippen LogP contribution < -0.4 is 4.74 Å². The van der Waals surface area contributed by atoms with E-state index in [1.165, 1.54) is 0 Å². The highest BCUT2D eigenvalue weighted by Gasteiger charge is 2.51. The fourth-order valence-corrected chi connectivity index (χ4v) is 3.06. The molecule has 0 saturated heterocycles. The summed E-state index contributed by atoms with van der Waals surface area (Å²) in [6, 6.07) is 7.18. The molecule has 0 spiro atoms. The third-order valence-corrected chi connectivity index (χ3v) is 4.17. The Morgan fingerprint density at radius 2 is 1.83 bits per heavy atom. The van der Waals surface area contributed by atoms with Crippen molar-refractivity contribution in [3.8, 4) is 5.75 Å². The lowest BCUT2D eigenvalue weighted by Gasteiger charge is -2.42. The summed E-state index contributed by atoms with van der Waals surface area (Å²) in [4.78, 5) is 0. The quantitative estimate of drug-likeness (QED) is 0.768. The van der Waals surface area contributed by atoms with Gasteiger partial charge < -0.3 is 4.74 Å². The van der Waals surface area contributed by atoms with Crippen molar-refractivity contribution in [2.24, 2.45) is 0 Å². The maximum absolute atomic E-state index is 14.1. The van der Waals surface area contributed by atoms with E-state index in [0.29, 0.717) is 24.2 Å². The van der Waals surface area contributed by atoms with Crippen LogP contribution in [0.15, 0.2) is 24.3 Å². The maximum atomic E-state index is 14.1. The van der Waals surface area contributed by atoms with Gasteiger partial charge in [-0.25, -0.2) is 8.78 Å². The van der Waals surface area contributed by atoms with Crippen LogP contribution in [0.1, 0.15) is 44.6 Å². The SMILES string of the molecule is COc1cccc(C2(C(C)(F)F)CCCCC2)c1. The number of alkyl halides is 2. The summed E-state index contributed by atoms with van der Waals surface area (Å²) < 4.78 is 33.4. The largest absolute Gasteiger partial charge is 0.497 e. The van der Waals surface area contributed by atoms with Crippen molar-refractivity contribution in [1.29, 1.82) is 0 Å². The summed E-state index contributed by atoms with van der Waals surface area (Å²) in [5.74, 6) is -2.04. The van der Waals surface area contributed by atoms with Crippen molar-refractivity contribution in [3.05, 3.63) is 29.8 Å². The Hall–Kier alpha value is -1.12. The molecule has 1 saturated carbocycles. The first-order valence-electron chi connectivity index (χ1n) is 6.52. The lowest BCUT2D eigenvalue weighted by Crippen LogP contribution is -2.44. The highest BCUT2D eigenvalue weighted by Crippen LogP contribution is 2.50. The number of hydrogen-bond acceptors (Lipinski definition) is 1. The Balaban J connectivity index is 2.45. The van der Waals surface area contributed by atoms with E-state index in [9.17, 15) is 8.78 Å². The lowest BCUT2D eigenvalue weighted by molar-refractivity contribution is -0.0778. The summed E-state index contributed by atoms with van der Waals surface area (Å²) in [5.41, 5.74) is -0.297. The molecule has 3 heteroatoms. The molecule has 1 fully saturated rings. The van der Waals surface area contributed by atoms with Gasteiger partial charge in [0.25, 0.3) is 5.92 Å². The Bertz CT molecular complexity index is 403. The van der Waals surface area contributed by atoms with Gasteiger partial charge in [-0.05, 0) is 30.5 Å². The van der Waals surface area contributed by atoms with Gasteiger partial charge in [0.2, 0.25) is 0 Å². The minimum absolute atomic E-state index is 0.559. The number of ether oxygens (including phenoxy) is 1. The van der Waals surface area contributed by atoms with Crippen LogP contribution in [-0.2, 0) is 5.41 Å². The van der Waals surface area contributed by atoms with Crippen LogP contribution in [-0.4, -0.2) is 13.0 Å². The normalized spacial score (nSPS) is 19.6. The Morgan fingerprint density at radius 1 is 1.17 bits per heavy atom. The van der Waals surface area contributed by atoms with E-state index in [0.717, 1.165) is 26.2 Å². The van der Waals surface area contributed by atoms with Crippen molar-refractivity contribution in [2.75, 3.05) is 7.11 Å². The molecule has 18 heavy (non-hydrogen) atoms. The van der Waals surface area contributed by atoms with Crippen molar-refractivity contribution >= 4 is 0 Å². The van der Waals surface area contributed by atoms with Crippen molar-refractivity contribution in [1.82, 2.24) is 0 Å². The Labute approximate surface area is 107 Å². The molecule has 1 aromatic rings. The monoisotopic (exact) mass is 254 g/mol. The molecule has 0 unspecified atom stereocenters. The van der Waals surface area contributed by atoms with Crippen molar-refractivity contribution in [3.63, 3.8) is 0 Å². The zero-order valence-electron chi connectivity index (χ0n) is 11.0. The summed E-state index contributed by atoms with van der Waals surface area (Å²) in [6.45, 7) is 1.05. The van der Waals surface area contributed by atoms with E-state index in [1.807, 2.05) is 6.07 Å². The fraction of sp³-hybridized carbons (Fsp3) is 0.600. The van der Waals surface area contributed by atoms with Gasteiger partial charge in [0, 0.05) is 6.92 Å². The molecular weight excluding hydrogens is 234 g/mol. The second-order valence-electron chi connectivity index (χ2n) is 5.26. The van der Waals surface area contributed by atoms with E-state index in [1.54, 1.807) is 25.3 Å². The molecule has 0 aromatic heterocycles. The van der Waals surface area contributed by atoms with Crippen LogP contribution in [0.4, 0.5) is 8.78 Å². The van der Waals surface area contributed by atoms with Crippen molar-refractivity contribution < 1.29 is 13.5 Å². The highest BCUT2D eigenvalue weighted by molar-refractivity contribution is 5.36. The molecule has 2 rings (SSSR count). The van der Waals surface area contributed by atoms with Gasteiger partial charge in [-0.2, -0.15) is 0 Å². The molecule has 0 bridgehead atoms. The molecule has 0 atom stereocenters. The summed E-state index contributed by atoms with van der Waals surface area (Å²) >= 11 is 0. The predicted molar refractivity (Wildman–Crippen MR) is 68.4 cm³/mol. The topological polar surface area (TPSA) is 9.23 Å². The number of halogens is 2. The zero-order valence-corrected chi connectivity index (χ0v) is 11.0. The van der Waals surface area contributed by atoms with Gasteiger partial charge in [-0.1, -0.05) is 31.4 Å². The molecular formula is C15H20F2O. The van der Waals surface area contributed by atoms with Gasteiger partial charge >= 0.3 is 0 Å². The highest BCUT2D eigenvalue weighted by atomic mass is 19.3. The van der Waals surface area contributed by atoms with Crippen LogP contribution in [0, 0.1) is 0 Å². The summed E-state index contributed by atoms with van der Waals surface area (Å²) in [7, 11) is 1.57. The average Bonchev–Trinajstić information content (AvgIpc) is 2.38. The number of hydrogen-bond donors (Lipinski definition) is 0. The molecule has 1 aliphatic rings. The molecule has 1 nitrogen and oxygen atoms in total. The first-order valence-corrected chi connectivity index (χ1v) is 6.52. The molecule has 100 valence electrons.